The number of hydrogen-bond acceptors (Lipinski definition) is 5. The highest BCUT2D eigenvalue weighted by Gasteiger charge is 2.42. The molecule has 0 heterocycles. The fourth-order valence-electron chi connectivity index (χ4n) is 4.34. The van der Waals surface area contributed by atoms with E-state index in [4.69, 9.17) is 5.11 Å². The first-order valence-corrected chi connectivity index (χ1v) is 12.1. The lowest BCUT2D eigenvalue weighted by Crippen LogP contribution is -2.30. The summed E-state index contributed by atoms with van der Waals surface area (Å²) in [5.41, 5.74) is -0.242. The Morgan fingerprint density at radius 3 is 2.55 bits per heavy atom. The molecule has 1 aliphatic rings. The number of rotatable bonds is 11. The van der Waals surface area contributed by atoms with Gasteiger partial charge in [0.2, 0.25) is 0 Å². The number of hydrogen-bond donors (Lipinski definition) is 3. The van der Waals surface area contributed by atoms with Crippen LogP contribution in [-0.2, 0) is 15.2 Å². The average Bonchev–Trinajstić information content (AvgIpc) is 3.00. The van der Waals surface area contributed by atoms with Crippen molar-refractivity contribution < 1.29 is 24.9 Å². The van der Waals surface area contributed by atoms with Gasteiger partial charge in [0.15, 0.2) is 0 Å². The number of benzene rings is 2. The van der Waals surface area contributed by atoms with E-state index in [1.807, 2.05) is 42.5 Å². The summed E-state index contributed by atoms with van der Waals surface area (Å²) in [5.74, 6) is -0.480. The Morgan fingerprint density at radius 1 is 1.10 bits per heavy atom. The SMILES string of the molecule is CC(O)(CS[C@H]1C(O)CC(=O)[C@@H]1CCCCCCC(=O)O)c1ccc2ccccc2c1. The molecule has 0 aromatic heterocycles. The van der Waals surface area contributed by atoms with Gasteiger partial charge in [-0.15, -0.1) is 0 Å². The molecule has 31 heavy (non-hydrogen) atoms. The van der Waals surface area contributed by atoms with Gasteiger partial charge in [0.05, 0.1) is 11.7 Å². The van der Waals surface area contributed by atoms with Crippen molar-refractivity contribution in [1.82, 2.24) is 0 Å². The summed E-state index contributed by atoms with van der Waals surface area (Å²) in [6, 6.07) is 14.0. The first-order chi connectivity index (χ1) is 14.8. The van der Waals surface area contributed by atoms with Gasteiger partial charge in [-0.1, -0.05) is 55.7 Å². The van der Waals surface area contributed by atoms with Gasteiger partial charge in [0.1, 0.15) is 5.78 Å². The minimum absolute atomic E-state index is 0.0980. The Bertz CT molecular complexity index is 910. The number of carboxylic acids is 1. The van der Waals surface area contributed by atoms with Gasteiger partial charge < -0.3 is 15.3 Å². The van der Waals surface area contributed by atoms with Crippen LogP contribution in [0.5, 0.6) is 0 Å². The molecular formula is C25H32O5S. The van der Waals surface area contributed by atoms with E-state index in [2.05, 4.69) is 0 Å². The second-order valence-electron chi connectivity index (χ2n) is 8.80. The van der Waals surface area contributed by atoms with E-state index in [1.54, 1.807) is 6.92 Å². The van der Waals surface area contributed by atoms with Crippen molar-refractivity contribution in [3.05, 3.63) is 48.0 Å². The van der Waals surface area contributed by atoms with Crippen LogP contribution in [0.25, 0.3) is 10.8 Å². The predicted molar refractivity (Wildman–Crippen MR) is 124 cm³/mol. The molecule has 3 N–H and O–H groups in total. The van der Waals surface area contributed by atoms with Crippen LogP contribution < -0.4 is 0 Å². The second-order valence-corrected chi connectivity index (χ2v) is 9.97. The van der Waals surface area contributed by atoms with E-state index in [-0.39, 0.29) is 29.8 Å². The number of aliphatic hydroxyl groups excluding tert-OH is 1. The van der Waals surface area contributed by atoms with Crippen LogP contribution in [0.3, 0.4) is 0 Å². The van der Waals surface area contributed by atoms with Gasteiger partial charge in [-0.2, -0.15) is 11.8 Å². The maximum absolute atomic E-state index is 12.4. The lowest BCUT2D eigenvalue weighted by Gasteiger charge is -2.28. The Hall–Kier alpha value is -1.89. The molecule has 3 rings (SSSR count). The van der Waals surface area contributed by atoms with E-state index in [9.17, 15) is 19.8 Å². The number of Topliss-reactive ketones (excluding diaryl/α,β-unsaturated/α-hetero) is 1. The van der Waals surface area contributed by atoms with Crippen molar-refractivity contribution in [1.29, 1.82) is 0 Å². The summed E-state index contributed by atoms with van der Waals surface area (Å²) in [6.07, 6.45) is 3.62. The number of aliphatic carboxylic acids is 1. The Morgan fingerprint density at radius 2 is 1.81 bits per heavy atom. The maximum atomic E-state index is 12.4. The van der Waals surface area contributed by atoms with E-state index < -0.39 is 17.7 Å². The number of fused-ring (bicyclic) bond motifs is 1. The van der Waals surface area contributed by atoms with Crippen molar-refractivity contribution in [2.24, 2.45) is 5.92 Å². The first kappa shape index (κ1) is 23.8. The summed E-state index contributed by atoms with van der Waals surface area (Å²) >= 11 is 1.48. The summed E-state index contributed by atoms with van der Waals surface area (Å²) in [5, 5.41) is 32.3. The Kier molecular flexibility index (Phi) is 8.14. The molecule has 0 radical (unpaired) electrons. The van der Waals surface area contributed by atoms with E-state index in [0.29, 0.717) is 18.6 Å². The number of aliphatic hydroxyl groups is 2. The third-order valence-corrected chi connectivity index (χ3v) is 7.94. The topological polar surface area (TPSA) is 94.8 Å². The molecule has 1 saturated carbocycles. The predicted octanol–water partition coefficient (Wildman–Crippen LogP) is 4.52. The molecule has 1 fully saturated rings. The third-order valence-electron chi connectivity index (χ3n) is 6.18. The zero-order valence-corrected chi connectivity index (χ0v) is 18.8. The van der Waals surface area contributed by atoms with Gasteiger partial charge in [0, 0.05) is 29.8 Å². The van der Waals surface area contributed by atoms with E-state index in [0.717, 1.165) is 35.6 Å². The quantitative estimate of drug-likeness (QED) is 0.441. The largest absolute Gasteiger partial charge is 0.481 e. The molecule has 2 unspecified atom stereocenters. The number of ketones is 1. The Balaban J connectivity index is 1.56. The summed E-state index contributed by atoms with van der Waals surface area (Å²) in [4.78, 5) is 23.0. The number of unbranched alkanes of at least 4 members (excludes halogenated alkanes) is 3. The van der Waals surface area contributed by atoms with Crippen LogP contribution in [0.15, 0.2) is 42.5 Å². The third kappa shape index (κ3) is 6.31. The number of carbonyl (C=O) groups is 2. The number of thioether (sulfide) groups is 1. The van der Waals surface area contributed by atoms with Crippen LogP contribution in [0.1, 0.15) is 57.4 Å². The molecule has 2 aromatic rings. The van der Waals surface area contributed by atoms with Crippen molar-refractivity contribution in [2.45, 2.75) is 68.8 Å². The molecule has 0 saturated heterocycles. The number of carbonyl (C=O) groups excluding carboxylic acids is 1. The van der Waals surface area contributed by atoms with Gasteiger partial charge >= 0.3 is 5.97 Å². The second kappa shape index (κ2) is 10.6. The molecule has 0 aliphatic heterocycles. The van der Waals surface area contributed by atoms with E-state index in [1.165, 1.54) is 11.8 Å². The van der Waals surface area contributed by atoms with E-state index >= 15 is 0 Å². The van der Waals surface area contributed by atoms with Crippen LogP contribution in [-0.4, -0.2) is 44.2 Å². The standard InChI is InChI=1S/C25H32O5S/c1-25(30,19-13-12-17-8-6-7-9-18(17)14-19)16-31-24-20(21(26)15-22(24)27)10-4-2-3-5-11-23(28)29/h6-9,12-14,20,22,24,27,30H,2-5,10-11,15-16H2,1H3,(H,28,29)/t20-,22?,24+,25?/m0/s1. The van der Waals surface area contributed by atoms with Gasteiger partial charge in [0.25, 0.3) is 0 Å². The maximum Gasteiger partial charge on any atom is 0.303 e. The lowest BCUT2D eigenvalue weighted by molar-refractivity contribution is -0.137. The molecule has 2 aromatic carbocycles. The Labute approximate surface area is 187 Å². The van der Waals surface area contributed by atoms with Crippen molar-refractivity contribution >= 4 is 34.3 Å². The minimum Gasteiger partial charge on any atom is -0.481 e. The van der Waals surface area contributed by atoms with Gasteiger partial charge in [-0.25, -0.2) is 0 Å². The van der Waals surface area contributed by atoms with Crippen molar-refractivity contribution in [3.63, 3.8) is 0 Å². The van der Waals surface area contributed by atoms with Crippen molar-refractivity contribution in [2.75, 3.05) is 5.75 Å². The zero-order valence-electron chi connectivity index (χ0n) is 18.0. The molecule has 168 valence electrons. The van der Waals surface area contributed by atoms with Crippen LogP contribution in [0.2, 0.25) is 0 Å². The monoisotopic (exact) mass is 444 g/mol. The minimum atomic E-state index is -1.07. The highest BCUT2D eigenvalue weighted by Crippen LogP contribution is 2.39. The fraction of sp³-hybridized carbons (Fsp3) is 0.520. The molecule has 4 atom stereocenters. The van der Waals surface area contributed by atoms with Gasteiger partial charge in [-0.3, -0.25) is 9.59 Å². The fourth-order valence-corrected chi connectivity index (χ4v) is 5.86. The molecule has 5 nitrogen and oxygen atoms in total. The molecular weight excluding hydrogens is 412 g/mol. The summed E-state index contributed by atoms with van der Waals surface area (Å²) < 4.78 is 0. The lowest BCUT2D eigenvalue weighted by atomic mass is 9.95. The molecule has 0 amide bonds. The summed E-state index contributed by atoms with van der Waals surface area (Å²) in [6.45, 7) is 1.78. The average molecular weight is 445 g/mol. The molecule has 0 bridgehead atoms. The van der Waals surface area contributed by atoms with Crippen LogP contribution in [0, 0.1) is 5.92 Å². The molecule has 0 spiro atoms. The first-order valence-electron chi connectivity index (χ1n) is 11.0. The van der Waals surface area contributed by atoms with Crippen LogP contribution >= 0.6 is 11.8 Å². The normalized spacial score (nSPS) is 23.2. The molecule has 6 heteroatoms. The number of carboxylic acid groups (broad SMARTS) is 1. The smallest absolute Gasteiger partial charge is 0.303 e. The summed E-state index contributed by atoms with van der Waals surface area (Å²) in [7, 11) is 0. The zero-order chi connectivity index (χ0) is 22.4. The van der Waals surface area contributed by atoms with Crippen LogP contribution in [0.4, 0.5) is 0 Å². The van der Waals surface area contributed by atoms with Crippen molar-refractivity contribution in [3.8, 4) is 0 Å². The van der Waals surface area contributed by atoms with Gasteiger partial charge in [-0.05, 0) is 42.2 Å². The highest BCUT2D eigenvalue weighted by atomic mass is 32.2. The highest BCUT2D eigenvalue weighted by molar-refractivity contribution is 8.00. The molecule has 1 aliphatic carbocycles.